The minimum absolute atomic E-state index is 0.151. The minimum atomic E-state index is -0.495. The summed E-state index contributed by atoms with van der Waals surface area (Å²) in [4.78, 5) is 26.5. The number of benzene rings is 1. The van der Waals surface area contributed by atoms with Crippen LogP contribution in [-0.4, -0.2) is 26.8 Å². The summed E-state index contributed by atoms with van der Waals surface area (Å²) in [5, 5.41) is 7.84. The lowest BCUT2D eigenvalue weighted by Crippen LogP contribution is -2.41. The zero-order valence-electron chi connectivity index (χ0n) is 15.4. The number of rotatable bonds is 4. The van der Waals surface area contributed by atoms with Crippen LogP contribution in [0.15, 0.2) is 42.6 Å². The number of fused-ring (bicyclic) bond motifs is 1. The first-order valence-corrected chi connectivity index (χ1v) is 10.2. The van der Waals surface area contributed by atoms with Gasteiger partial charge in [-0.05, 0) is 42.9 Å². The van der Waals surface area contributed by atoms with Crippen LogP contribution >= 0.6 is 11.3 Å². The zero-order valence-corrected chi connectivity index (χ0v) is 16.2. The number of thiophene rings is 1. The van der Waals surface area contributed by atoms with Crippen LogP contribution in [0.3, 0.4) is 0 Å². The first-order chi connectivity index (χ1) is 13.7. The predicted molar refractivity (Wildman–Crippen MR) is 106 cm³/mol. The fraction of sp³-hybridized carbons (Fsp3) is 0.300. The van der Waals surface area contributed by atoms with Gasteiger partial charge in [-0.3, -0.25) is 20.4 Å². The summed E-state index contributed by atoms with van der Waals surface area (Å²) in [5.41, 5.74) is 7.37. The van der Waals surface area contributed by atoms with E-state index in [4.69, 9.17) is 0 Å². The molecule has 1 aromatic carbocycles. The van der Waals surface area contributed by atoms with E-state index in [-0.39, 0.29) is 11.6 Å². The van der Waals surface area contributed by atoms with Crippen LogP contribution in [0.1, 0.15) is 55.4 Å². The average Bonchev–Trinajstić information content (AvgIpc) is 3.28. The summed E-state index contributed by atoms with van der Waals surface area (Å²) in [7, 11) is 0. The van der Waals surface area contributed by atoms with Gasteiger partial charge in [-0.1, -0.05) is 42.0 Å². The van der Waals surface area contributed by atoms with Gasteiger partial charge in [0.05, 0.1) is 17.6 Å². The van der Waals surface area contributed by atoms with E-state index < -0.39 is 5.91 Å². The summed E-state index contributed by atoms with van der Waals surface area (Å²) in [6, 6.07) is 11.7. The first kappa shape index (κ1) is 18.4. The van der Waals surface area contributed by atoms with Crippen LogP contribution in [0, 0.1) is 0 Å². The molecule has 4 rings (SSSR count). The Morgan fingerprint density at radius 2 is 1.82 bits per heavy atom. The van der Waals surface area contributed by atoms with Gasteiger partial charge in [0, 0.05) is 4.88 Å². The average molecular weight is 395 g/mol. The van der Waals surface area contributed by atoms with Crippen LogP contribution in [-0.2, 0) is 19.4 Å². The molecule has 0 saturated heterocycles. The molecule has 2 N–H and O–H groups in total. The number of carbonyl (C=O) groups excluding carboxylic acids is 2. The van der Waals surface area contributed by atoms with Gasteiger partial charge in [-0.25, -0.2) is 4.68 Å². The van der Waals surface area contributed by atoms with Crippen LogP contribution in [0.2, 0.25) is 0 Å². The summed E-state index contributed by atoms with van der Waals surface area (Å²) in [5.74, 6) is -0.797. The Bertz CT molecular complexity index is 956. The van der Waals surface area contributed by atoms with Gasteiger partial charge in [0.1, 0.15) is 0 Å². The van der Waals surface area contributed by atoms with Crippen LogP contribution in [0.5, 0.6) is 0 Å². The molecule has 0 spiro atoms. The molecular weight excluding hydrogens is 374 g/mol. The maximum Gasteiger partial charge on any atom is 0.291 e. The molecule has 8 heteroatoms. The van der Waals surface area contributed by atoms with Crippen molar-refractivity contribution >= 4 is 23.2 Å². The quantitative estimate of drug-likeness (QED) is 0.525. The Morgan fingerprint density at radius 3 is 2.68 bits per heavy atom. The van der Waals surface area contributed by atoms with E-state index in [1.54, 1.807) is 10.9 Å². The highest BCUT2D eigenvalue weighted by Crippen LogP contribution is 2.28. The summed E-state index contributed by atoms with van der Waals surface area (Å²) < 4.78 is 1.59. The minimum Gasteiger partial charge on any atom is -0.266 e. The van der Waals surface area contributed by atoms with Crippen molar-refractivity contribution in [3.05, 3.63) is 69.2 Å². The Kier molecular flexibility index (Phi) is 5.48. The third-order valence-corrected chi connectivity index (χ3v) is 5.95. The predicted octanol–water partition coefficient (Wildman–Crippen LogP) is 2.73. The Balaban J connectivity index is 1.33. The van der Waals surface area contributed by atoms with Gasteiger partial charge in [0.2, 0.25) is 0 Å². The second kappa shape index (κ2) is 8.35. The highest BCUT2D eigenvalue weighted by molar-refractivity contribution is 7.14. The Labute approximate surface area is 166 Å². The standard InChI is InChI=1S/C20H21N5O2S/c26-19(16-13-25(24-21-16)12-14-7-3-1-4-8-14)22-23-20(27)18-11-15-9-5-2-6-10-17(15)28-18/h1,3-4,7-8,11,13H,2,5-6,9-10,12H2,(H,22,26)(H,23,27). The van der Waals surface area contributed by atoms with Gasteiger partial charge in [0.15, 0.2) is 5.69 Å². The van der Waals surface area contributed by atoms with Crippen molar-refractivity contribution in [1.82, 2.24) is 25.8 Å². The van der Waals surface area contributed by atoms with Gasteiger partial charge in [-0.2, -0.15) is 0 Å². The van der Waals surface area contributed by atoms with E-state index in [0.29, 0.717) is 11.4 Å². The molecule has 2 heterocycles. The molecule has 28 heavy (non-hydrogen) atoms. The molecule has 0 unspecified atom stereocenters. The fourth-order valence-corrected chi connectivity index (χ4v) is 4.42. The van der Waals surface area contributed by atoms with E-state index in [0.717, 1.165) is 18.4 Å². The van der Waals surface area contributed by atoms with Gasteiger partial charge in [0.25, 0.3) is 11.8 Å². The number of aromatic nitrogens is 3. The molecule has 0 bridgehead atoms. The summed E-state index contributed by atoms with van der Waals surface area (Å²) in [6.07, 6.45) is 7.19. The molecule has 7 nitrogen and oxygen atoms in total. The monoisotopic (exact) mass is 395 g/mol. The van der Waals surface area contributed by atoms with E-state index in [2.05, 4.69) is 21.2 Å². The van der Waals surface area contributed by atoms with Gasteiger partial charge in [-0.15, -0.1) is 16.4 Å². The van der Waals surface area contributed by atoms with Crippen molar-refractivity contribution in [2.24, 2.45) is 0 Å². The maximum absolute atomic E-state index is 12.4. The van der Waals surface area contributed by atoms with Crippen molar-refractivity contribution in [2.45, 2.75) is 38.6 Å². The van der Waals surface area contributed by atoms with E-state index in [1.165, 1.54) is 41.0 Å². The first-order valence-electron chi connectivity index (χ1n) is 9.35. The normalized spacial score (nSPS) is 13.4. The molecule has 1 aliphatic carbocycles. The highest BCUT2D eigenvalue weighted by atomic mass is 32.1. The molecule has 0 fully saturated rings. The number of nitrogens with zero attached hydrogens (tertiary/aromatic N) is 3. The molecule has 144 valence electrons. The third kappa shape index (κ3) is 4.28. The molecular formula is C20H21N5O2S. The molecule has 0 atom stereocenters. The number of hydrogen-bond donors (Lipinski definition) is 2. The molecule has 1 aliphatic rings. The van der Waals surface area contributed by atoms with Crippen molar-refractivity contribution < 1.29 is 9.59 Å². The van der Waals surface area contributed by atoms with Gasteiger partial charge >= 0.3 is 0 Å². The number of aryl methyl sites for hydroxylation is 2. The Hall–Kier alpha value is -3.00. The number of hydrazine groups is 1. The van der Waals surface area contributed by atoms with E-state index in [9.17, 15) is 9.59 Å². The third-order valence-electron chi connectivity index (χ3n) is 4.72. The van der Waals surface area contributed by atoms with Crippen LogP contribution < -0.4 is 10.9 Å². The SMILES string of the molecule is O=C(NNC(=O)c1cc2c(s1)CCCCC2)c1cn(Cc2ccccc2)nn1. The Morgan fingerprint density at radius 1 is 1.04 bits per heavy atom. The lowest BCUT2D eigenvalue weighted by Gasteiger charge is -2.04. The number of carbonyl (C=O) groups is 2. The molecule has 2 aromatic heterocycles. The van der Waals surface area contributed by atoms with Crippen molar-refractivity contribution in [3.8, 4) is 0 Å². The maximum atomic E-state index is 12.4. The number of hydrogen-bond acceptors (Lipinski definition) is 5. The molecule has 0 radical (unpaired) electrons. The smallest absolute Gasteiger partial charge is 0.266 e. The number of nitrogens with one attached hydrogen (secondary N) is 2. The van der Waals surface area contributed by atoms with Crippen LogP contribution in [0.25, 0.3) is 0 Å². The zero-order chi connectivity index (χ0) is 19.3. The van der Waals surface area contributed by atoms with E-state index >= 15 is 0 Å². The molecule has 2 amide bonds. The second-order valence-electron chi connectivity index (χ2n) is 6.81. The topological polar surface area (TPSA) is 88.9 Å². The van der Waals surface area contributed by atoms with Crippen molar-refractivity contribution in [2.75, 3.05) is 0 Å². The van der Waals surface area contributed by atoms with Crippen molar-refractivity contribution in [1.29, 1.82) is 0 Å². The molecule has 0 saturated carbocycles. The number of amides is 2. The lowest BCUT2D eigenvalue weighted by molar-refractivity contribution is 0.0846. The summed E-state index contributed by atoms with van der Waals surface area (Å²) in [6.45, 7) is 0.522. The highest BCUT2D eigenvalue weighted by Gasteiger charge is 2.18. The van der Waals surface area contributed by atoms with Crippen molar-refractivity contribution in [3.63, 3.8) is 0 Å². The fourth-order valence-electron chi connectivity index (χ4n) is 3.27. The van der Waals surface area contributed by atoms with E-state index in [1.807, 2.05) is 36.4 Å². The largest absolute Gasteiger partial charge is 0.291 e. The molecule has 3 aromatic rings. The van der Waals surface area contributed by atoms with Gasteiger partial charge < -0.3 is 0 Å². The summed E-state index contributed by atoms with van der Waals surface area (Å²) >= 11 is 1.51. The van der Waals surface area contributed by atoms with Crippen LogP contribution in [0.4, 0.5) is 0 Å². The second-order valence-corrected chi connectivity index (χ2v) is 7.95. The lowest BCUT2D eigenvalue weighted by atomic mass is 10.1. The molecule has 0 aliphatic heterocycles.